The first-order valence-corrected chi connectivity index (χ1v) is 7.23. The smallest absolute Gasteiger partial charge is 0.124 e. The second-order valence-electron chi connectivity index (χ2n) is 4.15. The summed E-state index contributed by atoms with van der Waals surface area (Å²) in [7, 11) is 0. The van der Waals surface area contributed by atoms with Gasteiger partial charge in [0.1, 0.15) is 5.75 Å². The molecular weight excluding hydrogens is 254 g/mol. The van der Waals surface area contributed by atoms with E-state index < -0.39 is 0 Å². The molecule has 3 heteroatoms. The van der Waals surface area contributed by atoms with E-state index in [-0.39, 0.29) is 0 Å². The van der Waals surface area contributed by atoms with Crippen molar-refractivity contribution in [3.05, 3.63) is 60.2 Å². The zero-order valence-electron chi connectivity index (χ0n) is 10.9. The number of rotatable bonds is 5. The van der Waals surface area contributed by atoms with Gasteiger partial charge in [-0.05, 0) is 31.2 Å². The van der Waals surface area contributed by atoms with Crippen molar-refractivity contribution in [3.8, 4) is 5.75 Å². The maximum Gasteiger partial charge on any atom is 0.124 e. The molecule has 0 heterocycles. The van der Waals surface area contributed by atoms with Crippen LogP contribution in [0.2, 0.25) is 0 Å². The highest BCUT2D eigenvalue weighted by atomic mass is 32.2. The van der Waals surface area contributed by atoms with Crippen molar-refractivity contribution in [1.29, 1.82) is 0 Å². The van der Waals surface area contributed by atoms with Crippen LogP contribution in [0.3, 0.4) is 0 Å². The van der Waals surface area contributed by atoms with Gasteiger partial charge in [0, 0.05) is 28.5 Å². The Morgan fingerprint density at radius 3 is 2.47 bits per heavy atom. The zero-order valence-corrected chi connectivity index (χ0v) is 11.7. The van der Waals surface area contributed by atoms with Crippen LogP contribution < -0.4 is 0 Å². The monoisotopic (exact) mass is 271 g/mol. The number of hydrogen-bond acceptors (Lipinski definition) is 3. The summed E-state index contributed by atoms with van der Waals surface area (Å²) in [4.78, 5) is 5.77. The summed E-state index contributed by atoms with van der Waals surface area (Å²) in [5.41, 5.74) is 1.69. The van der Waals surface area contributed by atoms with E-state index in [1.54, 1.807) is 17.8 Å². The summed E-state index contributed by atoms with van der Waals surface area (Å²) in [6, 6.07) is 17.6. The fraction of sp³-hybridized carbons (Fsp3) is 0.188. The highest BCUT2D eigenvalue weighted by Crippen LogP contribution is 2.18. The van der Waals surface area contributed by atoms with Gasteiger partial charge in [-0.3, -0.25) is 4.99 Å². The second-order valence-corrected chi connectivity index (χ2v) is 5.31. The van der Waals surface area contributed by atoms with Crippen LogP contribution in [-0.4, -0.2) is 23.1 Å². The quantitative estimate of drug-likeness (QED) is 0.506. The predicted molar refractivity (Wildman–Crippen MR) is 82.4 cm³/mol. The van der Waals surface area contributed by atoms with Crippen LogP contribution in [0.4, 0.5) is 0 Å². The fourth-order valence-corrected chi connectivity index (χ4v) is 2.53. The molecule has 0 atom stereocenters. The molecule has 98 valence electrons. The number of aliphatic imine (C=N–C) groups is 1. The minimum absolute atomic E-state index is 0.291. The first kappa shape index (κ1) is 13.7. The Bertz CT molecular complexity index is 552. The topological polar surface area (TPSA) is 32.6 Å². The summed E-state index contributed by atoms with van der Waals surface area (Å²) in [6.45, 7) is 2.68. The third-order valence-corrected chi connectivity index (χ3v) is 3.74. The summed E-state index contributed by atoms with van der Waals surface area (Å²) in [5, 5.41) is 9.73. The number of benzene rings is 2. The molecule has 0 saturated carbocycles. The lowest BCUT2D eigenvalue weighted by atomic mass is 10.1. The highest BCUT2D eigenvalue weighted by Gasteiger charge is 2.02. The maximum atomic E-state index is 9.73. The van der Waals surface area contributed by atoms with Crippen molar-refractivity contribution in [1.82, 2.24) is 0 Å². The third kappa shape index (κ3) is 4.14. The van der Waals surface area contributed by atoms with Gasteiger partial charge in [0.05, 0.1) is 0 Å². The number of phenols is 1. The molecule has 0 spiro atoms. The normalized spacial score (nSPS) is 11.5. The molecule has 0 unspecified atom stereocenters. The standard InChI is InChI=1S/C16H17NOS/c1-13(15-9-5-6-10-16(15)18)17-11-12-19-14-7-3-2-4-8-14/h2-10,18H,11-12H2,1H3. The maximum absolute atomic E-state index is 9.73. The Hall–Kier alpha value is -1.74. The van der Waals surface area contributed by atoms with Gasteiger partial charge in [-0.15, -0.1) is 11.8 Å². The van der Waals surface area contributed by atoms with E-state index in [1.807, 2.05) is 43.3 Å². The molecule has 2 rings (SSSR count). The van der Waals surface area contributed by atoms with E-state index in [9.17, 15) is 5.11 Å². The Kier molecular flexibility index (Phi) is 5.04. The van der Waals surface area contributed by atoms with Crippen LogP contribution in [0.1, 0.15) is 12.5 Å². The summed E-state index contributed by atoms with van der Waals surface area (Å²) in [6.07, 6.45) is 0. The van der Waals surface area contributed by atoms with Crippen molar-refractivity contribution in [2.75, 3.05) is 12.3 Å². The molecule has 0 amide bonds. The predicted octanol–water partition coefficient (Wildman–Crippen LogP) is 3.99. The van der Waals surface area contributed by atoms with Gasteiger partial charge >= 0.3 is 0 Å². The van der Waals surface area contributed by atoms with Crippen molar-refractivity contribution in [3.63, 3.8) is 0 Å². The number of hydrogen-bond donors (Lipinski definition) is 1. The van der Waals surface area contributed by atoms with Gasteiger partial charge in [0.2, 0.25) is 0 Å². The van der Waals surface area contributed by atoms with Gasteiger partial charge in [-0.1, -0.05) is 30.3 Å². The molecule has 1 N–H and O–H groups in total. The van der Waals surface area contributed by atoms with E-state index in [0.29, 0.717) is 5.75 Å². The van der Waals surface area contributed by atoms with E-state index >= 15 is 0 Å². The highest BCUT2D eigenvalue weighted by molar-refractivity contribution is 7.99. The average Bonchev–Trinajstić information content (AvgIpc) is 2.45. The molecule has 19 heavy (non-hydrogen) atoms. The molecule has 2 aromatic rings. The van der Waals surface area contributed by atoms with Gasteiger partial charge in [0.25, 0.3) is 0 Å². The van der Waals surface area contributed by atoms with Gasteiger partial charge in [-0.25, -0.2) is 0 Å². The van der Waals surface area contributed by atoms with E-state index in [1.165, 1.54) is 4.90 Å². The average molecular weight is 271 g/mol. The molecule has 0 saturated heterocycles. The zero-order chi connectivity index (χ0) is 13.5. The van der Waals surface area contributed by atoms with Crippen LogP contribution in [0.15, 0.2) is 64.5 Å². The van der Waals surface area contributed by atoms with Crippen LogP contribution in [0.5, 0.6) is 5.75 Å². The lowest BCUT2D eigenvalue weighted by molar-refractivity contribution is 0.474. The Morgan fingerprint density at radius 1 is 1.05 bits per heavy atom. The van der Waals surface area contributed by atoms with E-state index in [0.717, 1.165) is 23.6 Å². The molecule has 0 aromatic heterocycles. The first-order valence-electron chi connectivity index (χ1n) is 6.24. The summed E-state index contributed by atoms with van der Waals surface area (Å²) in [5.74, 6) is 1.23. The fourth-order valence-electron chi connectivity index (χ4n) is 1.76. The third-order valence-electron chi connectivity index (χ3n) is 2.75. The summed E-state index contributed by atoms with van der Waals surface area (Å²) < 4.78 is 0. The van der Waals surface area contributed by atoms with Gasteiger partial charge < -0.3 is 5.11 Å². The minimum atomic E-state index is 0.291. The molecular formula is C16H17NOS. The first-order chi connectivity index (χ1) is 9.27. The number of thioether (sulfide) groups is 1. The van der Waals surface area contributed by atoms with Crippen LogP contribution in [0, 0.1) is 0 Å². The molecule has 2 nitrogen and oxygen atoms in total. The van der Waals surface area contributed by atoms with Crippen LogP contribution >= 0.6 is 11.8 Å². The lowest BCUT2D eigenvalue weighted by Gasteiger charge is -2.04. The number of aromatic hydroxyl groups is 1. The molecule has 0 bridgehead atoms. The van der Waals surface area contributed by atoms with Crippen molar-refractivity contribution in [2.45, 2.75) is 11.8 Å². The Labute approximate surface area is 118 Å². The molecule has 0 radical (unpaired) electrons. The molecule has 0 aliphatic heterocycles. The van der Waals surface area contributed by atoms with Crippen LogP contribution in [-0.2, 0) is 0 Å². The van der Waals surface area contributed by atoms with E-state index in [4.69, 9.17) is 0 Å². The second kappa shape index (κ2) is 7.00. The lowest BCUT2D eigenvalue weighted by Crippen LogP contribution is -1.98. The van der Waals surface area contributed by atoms with Crippen molar-refractivity contribution < 1.29 is 5.11 Å². The number of phenolic OH excluding ortho intramolecular Hbond substituents is 1. The largest absolute Gasteiger partial charge is 0.507 e. The minimum Gasteiger partial charge on any atom is -0.507 e. The SMILES string of the molecule is CC(=NCCSc1ccccc1)c1ccccc1O. The van der Waals surface area contributed by atoms with E-state index in [2.05, 4.69) is 17.1 Å². The van der Waals surface area contributed by atoms with Crippen molar-refractivity contribution in [2.24, 2.45) is 4.99 Å². The number of para-hydroxylation sites is 1. The molecule has 2 aromatic carbocycles. The molecule has 0 aliphatic carbocycles. The Morgan fingerprint density at radius 2 is 1.74 bits per heavy atom. The van der Waals surface area contributed by atoms with Gasteiger partial charge in [-0.2, -0.15) is 0 Å². The van der Waals surface area contributed by atoms with Crippen LogP contribution in [0.25, 0.3) is 0 Å². The van der Waals surface area contributed by atoms with Crippen molar-refractivity contribution >= 4 is 17.5 Å². The van der Waals surface area contributed by atoms with Gasteiger partial charge in [0.15, 0.2) is 0 Å². The number of nitrogens with zero attached hydrogens (tertiary/aromatic N) is 1. The molecule has 0 aliphatic rings. The molecule has 0 fully saturated rings. The summed E-state index contributed by atoms with van der Waals surface area (Å²) >= 11 is 1.79. The Balaban J connectivity index is 1.88.